The van der Waals surface area contributed by atoms with E-state index in [0.717, 1.165) is 39.0 Å². The molecule has 26 heavy (non-hydrogen) atoms. The maximum atomic E-state index is 12.6. The summed E-state index contributed by atoms with van der Waals surface area (Å²) in [7, 11) is 2.06. The van der Waals surface area contributed by atoms with Gasteiger partial charge in [-0.15, -0.1) is 0 Å². The number of rotatable bonds is 7. The lowest BCUT2D eigenvalue weighted by Gasteiger charge is -2.33. The van der Waals surface area contributed by atoms with Gasteiger partial charge < -0.3 is 9.80 Å². The fourth-order valence-electron chi connectivity index (χ4n) is 3.64. The number of piperidine rings is 1. The van der Waals surface area contributed by atoms with E-state index in [4.69, 9.17) is 0 Å². The maximum Gasteiger partial charge on any atom is 0.223 e. The molecule has 0 saturated carbocycles. The quantitative estimate of drug-likeness (QED) is 0.769. The van der Waals surface area contributed by atoms with Crippen molar-refractivity contribution in [3.63, 3.8) is 0 Å². The molecule has 5 heteroatoms. The SMILES string of the molecule is CN(CCC(=O)N1CCCC(Cc2cccnc2)C1)Cc1cccnc1. The molecule has 5 nitrogen and oxygen atoms in total. The predicted octanol–water partition coefficient (Wildman–Crippen LogP) is 2.78. The van der Waals surface area contributed by atoms with Gasteiger partial charge in [0.15, 0.2) is 0 Å². The van der Waals surface area contributed by atoms with Gasteiger partial charge in [-0.25, -0.2) is 0 Å². The molecular formula is C21H28N4O. The topological polar surface area (TPSA) is 49.3 Å². The van der Waals surface area contributed by atoms with Crippen LogP contribution >= 0.6 is 0 Å². The van der Waals surface area contributed by atoms with Gasteiger partial charge in [0.05, 0.1) is 0 Å². The molecule has 3 heterocycles. The molecule has 3 rings (SSSR count). The molecule has 1 fully saturated rings. The first-order valence-electron chi connectivity index (χ1n) is 9.45. The Labute approximate surface area is 156 Å². The zero-order valence-electron chi connectivity index (χ0n) is 15.6. The van der Waals surface area contributed by atoms with Gasteiger partial charge in [0, 0.05) is 57.4 Å². The van der Waals surface area contributed by atoms with Crippen molar-refractivity contribution in [2.75, 3.05) is 26.7 Å². The molecule has 138 valence electrons. The fourth-order valence-corrected chi connectivity index (χ4v) is 3.64. The van der Waals surface area contributed by atoms with Crippen LogP contribution in [0.4, 0.5) is 0 Å². The van der Waals surface area contributed by atoms with Crippen LogP contribution in [-0.2, 0) is 17.8 Å². The number of carbonyl (C=O) groups is 1. The van der Waals surface area contributed by atoms with Gasteiger partial charge in [-0.3, -0.25) is 14.8 Å². The van der Waals surface area contributed by atoms with Crippen LogP contribution in [0.2, 0.25) is 0 Å². The number of nitrogens with zero attached hydrogens (tertiary/aromatic N) is 4. The standard InChI is InChI=1S/C21H28N4O/c1-24(16-20-6-3-10-23-15-20)12-8-21(26)25-11-4-7-19(17-25)13-18-5-2-9-22-14-18/h2-3,5-6,9-10,14-15,19H,4,7-8,11-13,16-17H2,1H3. The minimum Gasteiger partial charge on any atom is -0.342 e. The van der Waals surface area contributed by atoms with Gasteiger partial charge in [-0.2, -0.15) is 0 Å². The first-order valence-corrected chi connectivity index (χ1v) is 9.45. The molecule has 2 aromatic rings. The van der Waals surface area contributed by atoms with Crippen molar-refractivity contribution < 1.29 is 4.79 Å². The van der Waals surface area contributed by atoms with Gasteiger partial charge in [0.1, 0.15) is 0 Å². The average molecular weight is 352 g/mol. The molecule has 0 aromatic carbocycles. The molecule has 0 bridgehead atoms. The zero-order valence-corrected chi connectivity index (χ0v) is 15.6. The highest BCUT2D eigenvalue weighted by molar-refractivity contribution is 5.76. The second-order valence-corrected chi connectivity index (χ2v) is 7.26. The van der Waals surface area contributed by atoms with E-state index in [0.29, 0.717) is 12.3 Å². The fraction of sp³-hybridized carbons (Fsp3) is 0.476. The summed E-state index contributed by atoms with van der Waals surface area (Å²) in [5.74, 6) is 0.823. The molecule has 0 radical (unpaired) electrons. The molecule has 1 atom stereocenters. The van der Waals surface area contributed by atoms with Crippen LogP contribution < -0.4 is 0 Å². The number of hydrogen-bond donors (Lipinski definition) is 0. The normalized spacial score (nSPS) is 17.5. The molecular weight excluding hydrogens is 324 g/mol. The molecule has 1 aliphatic rings. The minimum atomic E-state index is 0.277. The third kappa shape index (κ3) is 5.63. The molecule has 0 spiro atoms. The Morgan fingerprint density at radius 2 is 1.92 bits per heavy atom. The largest absolute Gasteiger partial charge is 0.342 e. The van der Waals surface area contributed by atoms with Crippen molar-refractivity contribution >= 4 is 5.91 Å². The van der Waals surface area contributed by atoms with E-state index < -0.39 is 0 Å². The number of carbonyl (C=O) groups excluding carboxylic acids is 1. The van der Waals surface area contributed by atoms with Crippen LogP contribution in [0.25, 0.3) is 0 Å². The monoisotopic (exact) mass is 352 g/mol. The number of likely N-dealkylation sites (tertiary alicyclic amines) is 1. The second-order valence-electron chi connectivity index (χ2n) is 7.26. The van der Waals surface area contributed by atoms with Crippen LogP contribution in [0, 0.1) is 5.92 Å². The summed E-state index contributed by atoms with van der Waals surface area (Å²) in [6.45, 7) is 3.37. The third-order valence-electron chi connectivity index (χ3n) is 5.00. The molecule has 0 aliphatic carbocycles. The smallest absolute Gasteiger partial charge is 0.223 e. The molecule has 1 unspecified atom stereocenters. The van der Waals surface area contributed by atoms with Crippen LogP contribution in [-0.4, -0.2) is 52.4 Å². The Kier molecular flexibility index (Phi) is 6.72. The first-order chi connectivity index (χ1) is 12.7. The highest BCUT2D eigenvalue weighted by Crippen LogP contribution is 2.21. The summed E-state index contributed by atoms with van der Waals surface area (Å²) in [6, 6.07) is 8.13. The molecule has 0 N–H and O–H groups in total. The highest BCUT2D eigenvalue weighted by Gasteiger charge is 2.23. The van der Waals surface area contributed by atoms with Gasteiger partial charge in [0.2, 0.25) is 5.91 Å². The second kappa shape index (κ2) is 9.43. The van der Waals surface area contributed by atoms with E-state index >= 15 is 0 Å². The Morgan fingerprint density at radius 3 is 2.62 bits per heavy atom. The molecule has 1 aliphatic heterocycles. The van der Waals surface area contributed by atoms with Crippen LogP contribution in [0.15, 0.2) is 49.1 Å². The number of pyridine rings is 2. The number of amides is 1. The average Bonchev–Trinajstić information content (AvgIpc) is 2.68. The predicted molar refractivity (Wildman–Crippen MR) is 102 cm³/mol. The lowest BCUT2D eigenvalue weighted by Crippen LogP contribution is -2.41. The van der Waals surface area contributed by atoms with Gasteiger partial charge >= 0.3 is 0 Å². The van der Waals surface area contributed by atoms with E-state index in [1.165, 1.54) is 17.5 Å². The van der Waals surface area contributed by atoms with Crippen molar-refractivity contribution in [1.82, 2.24) is 19.8 Å². The van der Waals surface area contributed by atoms with Crippen LogP contribution in [0.3, 0.4) is 0 Å². The summed E-state index contributed by atoms with van der Waals surface area (Å²) in [5.41, 5.74) is 2.44. The molecule has 2 aromatic heterocycles. The Hall–Kier alpha value is -2.27. The minimum absolute atomic E-state index is 0.277. The van der Waals surface area contributed by atoms with Crippen molar-refractivity contribution in [2.24, 2.45) is 5.92 Å². The summed E-state index contributed by atoms with van der Waals surface area (Å²) in [6.07, 6.45) is 11.3. The lowest BCUT2D eigenvalue weighted by atomic mass is 9.92. The Bertz CT molecular complexity index is 677. The van der Waals surface area contributed by atoms with Crippen LogP contribution in [0.1, 0.15) is 30.4 Å². The number of aromatic nitrogens is 2. The number of hydrogen-bond acceptors (Lipinski definition) is 4. The molecule has 1 saturated heterocycles. The van der Waals surface area contributed by atoms with Gasteiger partial charge in [-0.1, -0.05) is 12.1 Å². The van der Waals surface area contributed by atoms with Crippen LogP contribution in [0.5, 0.6) is 0 Å². The molecule has 1 amide bonds. The summed E-state index contributed by atoms with van der Waals surface area (Å²) in [5, 5.41) is 0. The van der Waals surface area contributed by atoms with Crippen molar-refractivity contribution in [3.05, 3.63) is 60.2 Å². The van der Waals surface area contributed by atoms with Crippen molar-refractivity contribution in [1.29, 1.82) is 0 Å². The summed E-state index contributed by atoms with van der Waals surface area (Å²) < 4.78 is 0. The Balaban J connectivity index is 1.43. The first kappa shape index (κ1) is 18.5. The van der Waals surface area contributed by atoms with E-state index in [1.807, 2.05) is 30.7 Å². The van der Waals surface area contributed by atoms with E-state index in [9.17, 15) is 4.79 Å². The maximum absolute atomic E-state index is 12.6. The van der Waals surface area contributed by atoms with E-state index in [2.05, 4.69) is 38.9 Å². The van der Waals surface area contributed by atoms with E-state index in [1.54, 1.807) is 6.20 Å². The van der Waals surface area contributed by atoms with Crippen molar-refractivity contribution in [2.45, 2.75) is 32.2 Å². The van der Waals surface area contributed by atoms with E-state index in [-0.39, 0.29) is 5.91 Å². The zero-order chi connectivity index (χ0) is 18.2. The lowest BCUT2D eigenvalue weighted by molar-refractivity contribution is -0.133. The Morgan fingerprint density at radius 1 is 1.19 bits per heavy atom. The third-order valence-corrected chi connectivity index (χ3v) is 5.00. The van der Waals surface area contributed by atoms with Gasteiger partial charge in [-0.05, 0) is 55.5 Å². The summed E-state index contributed by atoms with van der Waals surface area (Å²) in [4.78, 5) is 25.2. The van der Waals surface area contributed by atoms with Crippen molar-refractivity contribution in [3.8, 4) is 0 Å². The van der Waals surface area contributed by atoms with Gasteiger partial charge in [0.25, 0.3) is 0 Å². The summed E-state index contributed by atoms with van der Waals surface area (Å²) >= 11 is 0. The highest BCUT2D eigenvalue weighted by atomic mass is 16.2.